The number of hydrogen-bond donors (Lipinski definition) is 2. The number of carbonyl (C=O) groups is 2. The second kappa shape index (κ2) is 6.57. The van der Waals surface area contributed by atoms with Crippen LogP contribution in [0.4, 0.5) is 0 Å². The van der Waals surface area contributed by atoms with Crippen molar-refractivity contribution in [3.05, 3.63) is 35.4 Å². The highest BCUT2D eigenvalue weighted by Crippen LogP contribution is 2.06. The van der Waals surface area contributed by atoms with Gasteiger partial charge in [0.25, 0.3) is 5.91 Å². The summed E-state index contributed by atoms with van der Waals surface area (Å²) in [5.41, 5.74) is 1.16. The van der Waals surface area contributed by atoms with E-state index < -0.39 is 0 Å². The third-order valence-electron chi connectivity index (χ3n) is 2.29. The number of hydrogen-bond acceptors (Lipinski definition) is 2. The minimum absolute atomic E-state index is 0.0344. The van der Waals surface area contributed by atoms with Gasteiger partial charge in [0.05, 0.1) is 6.54 Å². The summed E-state index contributed by atoms with van der Waals surface area (Å²) in [4.78, 5) is 23.3. The molecule has 5 heteroatoms. The Kier molecular flexibility index (Phi) is 5.36. The molecule has 1 aromatic carbocycles. The highest BCUT2D eigenvalue weighted by atomic mass is 35.5. The molecule has 0 aliphatic carbocycles. The highest BCUT2D eigenvalue weighted by Gasteiger charge is 2.14. The molecule has 0 heterocycles. The maximum absolute atomic E-state index is 11.8. The molecule has 0 aliphatic heterocycles. The lowest BCUT2D eigenvalue weighted by Crippen LogP contribution is -2.45. The molecule has 0 fully saturated rings. The zero-order valence-electron chi connectivity index (χ0n) is 11.4. The third-order valence-corrected chi connectivity index (χ3v) is 2.60. The normalized spacial score (nSPS) is 10.9. The number of rotatable bonds is 4. The predicted octanol–water partition coefficient (Wildman–Crippen LogP) is 2.07. The van der Waals surface area contributed by atoms with E-state index >= 15 is 0 Å². The first-order chi connectivity index (χ1) is 8.81. The fourth-order valence-electron chi connectivity index (χ4n) is 1.47. The molecule has 2 amide bonds. The van der Waals surface area contributed by atoms with Gasteiger partial charge in [0.1, 0.15) is 0 Å². The topological polar surface area (TPSA) is 58.2 Å². The molecule has 0 aromatic heterocycles. The van der Waals surface area contributed by atoms with E-state index in [-0.39, 0.29) is 23.9 Å². The summed E-state index contributed by atoms with van der Waals surface area (Å²) in [6.07, 6.45) is 0. The minimum Gasteiger partial charge on any atom is -0.350 e. The van der Waals surface area contributed by atoms with Crippen molar-refractivity contribution in [2.45, 2.75) is 32.2 Å². The van der Waals surface area contributed by atoms with E-state index in [0.717, 1.165) is 5.56 Å². The van der Waals surface area contributed by atoms with Gasteiger partial charge < -0.3 is 10.6 Å². The Bertz CT molecular complexity index is 450. The number of carbonyl (C=O) groups excluding carboxylic acids is 2. The van der Waals surface area contributed by atoms with Crippen LogP contribution in [0.5, 0.6) is 0 Å². The maximum Gasteiger partial charge on any atom is 0.251 e. The van der Waals surface area contributed by atoms with Crippen molar-refractivity contribution in [3.8, 4) is 0 Å². The summed E-state index contributed by atoms with van der Waals surface area (Å²) in [6.45, 7) is 5.63. The van der Waals surface area contributed by atoms with E-state index in [1.54, 1.807) is 24.3 Å². The quantitative estimate of drug-likeness (QED) is 0.831. The Morgan fingerprint density at radius 1 is 1.16 bits per heavy atom. The van der Waals surface area contributed by atoms with Crippen molar-refractivity contribution < 1.29 is 9.59 Å². The largest absolute Gasteiger partial charge is 0.350 e. The van der Waals surface area contributed by atoms with Gasteiger partial charge in [-0.25, -0.2) is 0 Å². The van der Waals surface area contributed by atoms with Crippen molar-refractivity contribution in [2.75, 3.05) is 6.54 Å². The van der Waals surface area contributed by atoms with E-state index in [1.165, 1.54) is 0 Å². The molecule has 104 valence electrons. The lowest BCUT2D eigenvalue weighted by Gasteiger charge is -2.20. The summed E-state index contributed by atoms with van der Waals surface area (Å²) in [6, 6.07) is 6.96. The monoisotopic (exact) mass is 282 g/mol. The minimum atomic E-state index is -0.302. The molecule has 0 aliphatic rings. The van der Waals surface area contributed by atoms with Crippen molar-refractivity contribution in [1.29, 1.82) is 0 Å². The van der Waals surface area contributed by atoms with E-state index in [1.807, 2.05) is 20.8 Å². The Morgan fingerprint density at radius 3 is 2.21 bits per heavy atom. The van der Waals surface area contributed by atoms with Crippen molar-refractivity contribution >= 4 is 23.4 Å². The van der Waals surface area contributed by atoms with E-state index in [2.05, 4.69) is 10.6 Å². The van der Waals surface area contributed by atoms with Crippen LogP contribution in [-0.2, 0) is 10.7 Å². The van der Waals surface area contributed by atoms with E-state index in [4.69, 9.17) is 11.6 Å². The summed E-state index contributed by atoms with van der Waals surface area (Å²) < 4.78 is 0. The first-order valence-electron chi connectivity index (χ1n) is 6.06. The Labute approximate surface area is 118 Å². The van der Waals surface area contributed by atoms with Gasteiger partial charge in [0.2, 0.25) is 5.91 Å². The summed E-state index contributed by atoms with van der Waals surface area (Å²) in [5, 5.41) is 5.35. The van der Waals surface area contributed by atoms with Crippen LogP contribution in [0.15, 0.2) is 24.3 Å². The van der Waals surface area contributed by atoms with Crippen LogP contribution >= 0.6 is 11.6 Å². The highest BCUT2D eigenvalue weighted by molar-refractivity contribution is 6.17. The molecule has 0 saturated carbocycles. The Balaban J connectivity index is 2.49. The second-order valence-electron chi connectivity index (χ2n) is 5.31. The fraction of sp³-hybridized carbons (Fsp3) is 0.429. The van der Waals surface area contributed by atoms with Gasteiger partial charge in [-0.05, 0) is 38.5 Å². The van der Waals surface area contributed by atoms with Crippen LogP contribution in [0.2, 0.25) is 0 Å². The van der Waals surface area contributed by atoms with Gasteiger partial charge in [-0.1, -0.05) is 12.1 Å². The molecule has 0 saturated heterocycles. The molecule has 1 rings (SSSR count). The Hall–Kier alpha value is -1.55. The van der Waals surface area contributed by atoms with Crippen LogP contribution in [0.25, 0.3) is 0 Å². The van der Waals surface area contributed by atoms with Crippen LogP contribution in [-0.4, -0.2) is 23.9 Å². The molecule has 0 radical (unpaired) electrons. The van der Waals surface area contributed by atoms with Crippen LogP contribution in [0.1, 0.15) is 36.7 Å². The standard InChI is InChI=1S/C14H19ClN2O2/c1-14(2,3)17-12(18)9-16-13(19)11-6-4-10(8-15)5-7-11/h4-7H,8-9H2,1-3H3,(H,16,19)(H,17,18). The lowest BCUT2D eigenvalue weighted by molar-refractivity contribution is -0.121. The van der Waals surface area contributed by atoms with Crippen molar-refractivity contribution in [3.63, 3.8) is 0 Å². The number of nitrogens with one attached hydrogen (secondary N) is 2. The molecule has 2 N–H and O–H groups in total. The first kappa shape index (κ1) is 15.5. The molecule has 0 unspecified atom stereocenters. The van der Waals surface area contributed by atoms with E-state index in [9.17, 15) is 9.59 Å². The molecule has 0 bridgehead atoms. The van der Waals surface area contributed by atoms with Gasteiger partial charge in [-0.2, -0.15) is 0 Å². The van der Waals surface area contributed by atoms with Gasteiger partial charge in [0, 0.05) is 17.0 Å². The predicted molar refractivity (Wildman–Crippen MR) is 76.2 cm³/mol. The van der Waals surface area contributed by atoms with E-state index in [0.29, 0.717) is 11.4 Å². The molecule has 0 atom stereocenters. The van der Waals surface area contributed by atoms with Gasteiger partial charge in [-0.3, -0.25) is 9.59 Å². The number of benzene rings is 1. The number of halogens is 1. The SMILES string of the molecule is CC(C)(C)NC(=O)CNC(=O)c1ccc(CCl)cc1. The average Bonchev–Trinajstić information content (AvgIpc) is 2.34. The maximum atomic E-state index is 11.8. The van der Waals surface area contributed by atoms with Crippen LogP contribution in [0.3, 0.4) is 0 Å². The van der Waals surface area contributed by atoms with Gasteiger partial charge >= 0.3 is 0 Å². The van der Waals surface area contributed by atoms with Gasteiger partial charge in [-0.15, -0.1) is 11.6 Å². The summed E-state index contributed by atoms with van der Waals surface area (Å²) in [7, 11) is 0. The lowest BCUT2D eigenvalue weighted by atomic mass is 10.1. The van der Waals surface area contributed by atoms with Crippen LogP contribution in [0, 0.1) is 0 Å². The molecule has 4 nitrogen and oxygen atoms in total. The number of alkyl halides is 1. The Morgan fingerprint density at radius 2 is 1.74 bits per heavy atom. The molecular formula is C14H19ClN2O2. The molecule has 0 spiro atoms. The third kappa shape index (κ3) is 5.75. The van der Waals surface area contributed by atoms with Crippen molar-refractivity contribution in [2.24, 2.45) is 0 Å². The summed E-state index contributed by atoms with van der Waals surface area (Å²) >= 11 is 5.67. The second-order valence-corrected chi connectivity index (χ2v) is 5.58. The zero-order chi connectivity index (χ0) is 14.5. The fourth-order valence-corrected chi connectivity index (χ4v) is 1.65. The van der Waals surface area contributed by atoms with Crippen molar-refractivity contribution in [1.82, 2.24) is 10.6 Å². The van der Waals surface area contributed by atoms with Crippen LogP contribution < -0.4 is 10.6 Å². The first-order valence-corrected chi connectivity index (χ1v) is 6.59. The number of amides is 2. The zero-order valence-corrected chi connectivity index (χ0v) is 12.2. The molecule has 1 aromatic rings. The molecular weight excluding hydrogens is 264 g/mol. The smallest absolute Gasteiger partial charge is 0.251 e. The summed E-state index contributed by atoms with van der Waals surface area (Å²) in [5.74, 6) is -0.0704. The van der Waals surface area contributed by atoms with Gasteiger partial charge in [0.15, 0.2) is 0 Å². The average molecular weight is 283 g/mol. The molecule has 19 heavy (non-hydrogen) atoms.